The number of ketones is 1. The number of rotatable bonds is 0. The number of benzene rings is 2. The molecule has 2 aromatic rings. The quantitative estimate of drug-likeness (QED) is 0.620. The number of hydrogen-bond donors (Lipinski definition) is 0. The van der Waals surface area contributed by atoms with Gasteiger partial charge in [0.05, 0.1) is 0 Å². The first-order valence-corrected chi connectivity index (χ1v) is 6.95. The lowest BCUT2D eigenvalue weighted by Gasteiger charge is -2.11. The van der Waals surface area contributed by atoms with Gasteiger partial charge in [-0.15, -0.1) is 0 Å². The third-order valence-electron chi connectivity index (χ3n) is 3.97. The number of hydrogen-bond acceptors (Lipinski definition) is 1. The topological polar surface area (TPSA) is 17.1 Å². The largest absolute Gasteiger partial charge is 0.294 e. The number of aryl methyl sites for hydroxylation is 1. The molecule has 1 aliphatic carbocycles. The highest BCUT2D eigenvalue weighted by Crippen LogP contribution is 2.27. The number of allylic oxidation sites excluding steroid dienone is 2. The van der Waals surface area contributed by atoms with Gasteiger partial charge in [-0.1, -0.05) is 48.0 Å². The molecule has 0 fully saturated rings. The lowest BCUT2D eigenvalue weighted by molar-refractivity contribution is 0.0983. The Balaban J connectivity index is 2.20. The van der Waals surface area contributed by atoms with Crippen molar-refractivity contribution in [3.05, 3.63) is 59.2 Å². The van der Waals surface area contributed by atoms with Crippen LogP contribution in [-0.4, -0.2) is 5.78 Å². The van der Waals surface area contributed by atoms with Gasteiger partial charge in [0.2, 0.25) is 0 Å². The minimum atomic E-state index is 0.284. The van der Waals surface area contributed by atoms with E-state index in [0.29, 0.717) is 6.42 Å². The summed E-state index contributed by atoms with van der Waals surface area (Å²) in [6.07, 6.45) is 5.73. The van der Waals surface area contributed by atoms with Gasteiger partial charge < -0.3 is 0 Å². The van der Waals surface area contributed by atoms with Gasteiger partial charge in [-0.3, -0.25) is 4.79 Å². The van der Waals surface area contributed by atoms with E-state index < -0.39 is 0 Å². The Bertz CT molecular complexity index is 664. The molecule has 0 saturated heterocycles. The fourth-order valence-electron chi connectivity index (χ4n) is 2.88. The Morgan fingerprint density at radius 3 is 2.68 bits per heavy atom. The molecule has 0 heterocycles. The number of Topliss-reactive ketones (excluding diaryl/α,β-unsaturated/α-hetero) is 1. The molecule has 0 atom stereocenters. The number of carbonyl (C=O) groups is 1. The summed E-state index contributed by atoms with van der Waals surface area (Å²) in [5, 5.41) is 2.47. The predicted octanol–water partition coefficient (Wildman–Crippen LogP) is 4.70. The van der Waals surface area contributed by atoms with E-state index in [1.54, 1.807) is 0 Å². The average Bonchev–Trinajstić information content (AvgIpc) is 2.50. The maximum atomic E-state index is 12.3. The molecule has 0 N–H and O–H groups in total. The first-order chi connectivity index (χ1) is 9.25. The van der Waals surface area contributed by atoms with Crippen molar-refractivity contribution >= 4 is 16.6 Å². The van der Waals surface area contributed by atoms with E-state index in [2.05, 4.69) is 43.3 Å². The van der Waals surface area contributed by atoms with Crippen molar-refractivity contribution < 1.29 is 4.79 Å². The molecule has 0 saturated carbocycles. The van der Waals surface area contributed by atoms with Gasteiger partial charge in [0.25, 0.3) is 0 Å². The Hall–Kier alpha value is -1.89. The summed E-state index contributed by atoms with van der Waals surface area (Å²) in [5.41, 5.74) is 3.56. The Labute approximate surface area is 113 Å². The van der Waals surface area contributed by atoms with Crippen molar-refractivity contribution in [2.45, 2.75) is 32.6 Å². The molecular formula is C18H18O. The Kier molecular flexibility index (Phi) is 3.20. The molecule has 0 bridgehead atoms. The Morgan fingerprint density at radius 2 is 1.79 bits per heavy atom. The van der Waals surface area contributed by atoms with Gasteiger partial charge >= 0.3 is 0 Å². The van der Waals surface area contributed by atoms with Crippen LogP contribution in [0.4, 0.5) is 0 Å². The molecule has 0 unspecified atom stereocenters. The Morgan fingerprint density at radius 1 is 0.947 bits per heavy atom. The molecule has 1 aliphatic rings. The van der Waals surface area contributed by atoms with E-state index in [0.717, 1.165) is 24.8 Å². The highest BCUT2D eigenvalue weighted by atomic mass is 16.1. The van der Waals surface area contributed by atoms with E-state index in [1.807, 2.05) is 6.07 Å². The average molecular weight is 250 g/mol. The van der Waals surface area contributed by atoms with Crippen LogP contribution in [0.1, 0.15) is 42.1 Å². The normalized spacial score (nSPS) is 19.0. The van der Waals surface area contributed by atoms with Gasteiger partial charge in [-0.25, -0.2) is 0 Å². The second kappa shape index (κ2) is 5.00. The lowest BCUT2D eigenvalue weighted by Crippen LogP contribution is -2.03. The van der Waals surface area contributed by atoms with Gasteiger partial charge in [0, 0.05) is 12.0 Å². The first-order valence-electron chi connectivity index (χ1n) is 6.95. The summed E-state index contributed by atoms with van der Waals surface area (Å²) in [6.45, 7) is 2.17. The third kappa shape index (κ3) is 2.33. The van der Waals surface area contributed by atoms with Gasteiger partial charge in [0.1, 0.15) is 0 Å². The van der Waals surface area contributed by atoms with Gasteiger partial charge in [0.15, 0.2) is 5.78 Å². The molecule has 3 rings (SSSR count). The predicted molar refractivity (Wildman–Crippen MR) is 79.6 cm³/mol. The van der Waals surface area contributed by atoms with Crippen LogP contribution in [0, 0.1) is 0 Å². The van der Waals surface area contributed by atoms with Crippen molar-refractivity contribution in [2.24, 2.45) is 0 Å². The maximum absolute atomic E-state index is 12.3. The van der Waals surface area contributed by atoms with Crippen LogP contribution < -0.4 is 0 Å². The fourth-order valence-corrected chi connectivity index (χ4v) is 2.88. The molecule has 1 nitrogen and oxygen atoms in total. The molecule has 0 aromatic heterocycles. The van der Waals surface area contributed by atoms with Crippen molar-refractivity contribution in [2.75, 3.05) is 0 Å². The van der Waals surface area contributed by atoms with E-state index in [4.69, 9.17) is 0 Å². The SMILES string of the molecule is C/C1=C/CCC(=O)c2ccc3ccccc3c2CC1. The fraction of sp³-hybridized carbons (Fsp3) is 0.278. The van der Waals surface area contributed by atoms with Gasteiger partial charge in [-0.2, -0.15) is 0 Å². The van der Waals surface area contributed by atoms with Crippen LogP contribution in [0.3, 0.4) is 0 Å². The lowest BCUT2D eigenvalue weighted by atomic mass is 9.92. The van der Waals surface area contributed by atoms with Crippen LogP contribution in [0.15, 0.2) is 48.0 Å². The van der Waals surface area contributed by atoms with Gasteiger partial charge in [-0.05, 0) is 42.5 Å². The smallest absolute Gasteiger partial charge is 0.163 e. The standard InChI is InChI=1S/C18H18O/c1-13-5-4-8-18(19)17-12-10-14-6-2-3-7-15(14)16(17)11-9-13/h2-3,5-7,10,12H,4,8-9,11H2,1H3/b13-5-. The zero-order valence-electron chi connectivity index (χ0n) is 11.3. The molecule has 0 amide bonds. The van der Waals surface area contributed by atoms with E-state index in [1.165, 1.54) is 21.9 Å². The molecular weight excluding hydrogens is 232 g/mol. The zero-order valence-corrected chi connectivity index (χ0v) is 11.3. The summed E-state index contributed by atoms with van der Waals surface area (Å²) in [5.74, 6) is 0.284. The monoisotopic (exact) mass is 250 g/mol. The molecule has 0 radical (unpaired) electrons. The van der Waals surface area contributed by atoms with E-state index in [9.17, 15) is 4.79 Å². The number of fused-ring (bicyclic) bond motifs is 3. The molecule has 19 heavy (non-hydrogen) atoms. The first kappa shape index (κ1) is 12.2. The highest BCUT2D eigenvalue weighted by molar-refractivity contribution is 6.02. The summed E-state index contributed by atoms with van der Waals surface area (Å²) in [7, 11) is 0. The highest BCUT2D eigenvalue weighted by Gasteiger charge is 2.15. The minimum Gasteiger partial charge on any atom is -0.294 e. The molecule has 96 valence electrons. The van der Waals surface area contributed by atoms with Crippen LogP contribution >= 0.6 is 0 Å². The van der Waals surface area contributed by atoms with Crippen LogP contribution in [0.2, 0.25) is 0 Å². The van der Waals surface area contributed by atoms with Crippen molar-refractivity contribution in [3.63, 3.8) is 0 Å². The maximum Gasteiger partial charge on any atom is 0.163 e. The third-order valence-corrected chi connectivity index (χ3v) is 3.97. The van der Waals surface area contributed by atoms with Crippen molar-refractivity contribution in [1.29, 1.82) is 0 Å². The van der Waals surface area contributed by atoms with Crippen molar-refractivity contribution in [1.82, 2.24) is 0 Å². The number of carbonyl (C=O) groups excluding carboxylic acids is 1. The summed E-state index contributed by atoms with van der Waals surface area (Å²) < 4.78 is 0. The van der Waals surface area contributed by atoms with E-state index >= 15 is 0 Å². The second-order valence-corrected chi connectivity index (χ2v) is 5.33. The molecule has 1 heteroatoms. The van der Waals surface area contributed by atoms with E-state index in [-0.39, 0.29) is 5.78 Å². The molecule has 2 aromatic carbocycles. The summed E-state index contributed by atoms with van der Waals surface area (Å²) in [4.78, 5) is 12.3. The van der Waals surface area contributed by atoms with Crippen LogP contribution in [-0.2, 0) is 6.42 Å². The summed E-state index contributed by atoms with van der Waals surface area (Å²) in [6, 6.07) is 12.5. The molecule has 0 spiro atoms. The van der Waals surface area contributed by atoms with Crippen LogP contribution in [0.25, 0.3) is 10.8 Å². The minimum absolute atomic E-state index is 0.284. The zero-order chi connectivity index (χ0) is 13.2. The second-order valence-electron chi connectivity index (χ2n) is 5.33. The van der Waals surface area contributed by atoms with Crippen LogP contribution in [0.5, 0.6) is 0 Å². The summed E-state index contributed by atoms with van der Waals surface area (Å²) >= 11 is 0. The van der Waals surface area contributed by atoms with Crippen molar-refractivity contribution in [3.8, 4) is 0 Å². The molecule has 0 aliphatic heterocycles.